The van der Waals surface area contributed by atoms with Crippen molar-refractivity contribution >= 4 is 11.5 Å². The summed E-state index contributed by atoms with van der Waals surface area (Å²) in [4.78, 5) is 4.37. The van der Waals surface area contributed by atoms with Gasteiger partial charge >= 0.3 is 0 Å². The van der Waals surface area contributed by atoms with E-state index in [1.807, 2.05) is 6.07 Å². The van der Waals surface area contributed by atoms with E-state index in [2.05, 4.69) is 4.99 Å². The van der Waals surface area contributed by atoms with Gasteiger partial charge in [0.1, 0.15) is 11.6 Å². The molecule has 1 fully saturated rings. The molecule has 4 heteroatoms. The highest BCUT2D eigenvalue weighted by atomic mass is 16.5. The van der Waals surface area contributed by atoms with E-state index in [1.165, 1.54) is 0 Å². The molecule has 0 aliphatic carbocycles. The molecule has 4 nitrogen and oxygen atoms in total. The largest absolute Gasteiger partial charge is 0.508 e. The summed E-state index contributed by atoms with van der Waals surface area (Å²) in [7, 11) is 0. The molecule has 0 saturated carbocycles. The van der Waals surface area contributed by atoms with Gasteiger partial charge in [0.25, 0.3) is 0 Å². The molecule has 16 heavy (non-hydrogen) atoms. The highest BCUT2D eigenvalue weighted by molar-refractivity contribution is 5.99. The number of hydrogen-bond acceptors (Lipinski definition) is 4. The predicted molar refractivity (Wildman–Crippen MR) is 61.1 cm³/mol. The predicted octanol–water partition coefficient (Wildman–Crippen LogP) is 1.44. The fourth-order valence-corrected chi connectivity index (χ4v) is 2.64. The Balaban J connectivity index is 2.13. The van der Waals surface area contributed by atoms with Crippen molar-refractivity contribution in [3.05, 3.63) is 23.8 Å². The summed E-state index contributed by atoms with van der Waals surface area (Å²) in [6.07, 6.45) is 1.75. The number of aromatic hydroxyl groups is 1. The number of ether oxygens (including phenoxy) is 1. The number of amidine groups is 1. The van der Waals surface area contributed by atoms with E-state index < -0.39 is 0 Å². The molecule has 3 rings (SSSR count). The van der Waals surface area contributed by atoms with Gasteiger partial charge in [-0.1, -0.05) is 6.07 Å². The van der Waals surface area contributed by atoms with Crippen molar-refractivity contribution in [2.45, 2.75) is 18.3 Å². The lowest BCUT2D eigenvalue weighted by Gasteiger charge is -2.34. The third-order valence-corrected chi connectivity index (χ3v) is 3.57. The van der Waals surface area contributed by atoms with Gasteiger partial charge in [-0.25, -0.2) is 4.99 Å². The molecule has 84 valence electrons. The summed E-state index contributed by atoms with van der Waals surface area (Å²) < 4.78 is 5.38. The Hall–Kier alpha value is -1.55. The highest BCUT2D eigenvalue weighted by Crippen LogP contribution is 2.46. The number of rotatable bonds is 0. The van der Waals surface area contributed by atoms with Crippen LogP contribution in [0.5, 0.6) is 5.75 Å². The molecular weight excluding hydrogens is 204 g/mol. The Morgan fingerprint density at radius 2 is 2.06 bits per heavy atom. The number of phenols is 1. The van der Waals surface area contributed by atoms with Crippen molar-refractivity contribution in [1.82, 2.24) is 0 Å². The second kappa shape index (κ2) is 3.22. The minimum absolute atomic E-state index is 0.152. The van der Waals surface area contributed by atoms with Crippen LogP contribution in [0, 0.1) is 0 Å². The summed E-state index contributed by atoms with van der Waals surface area (Å²) in [5.41, 5.74) is 7.84. The molecule has 0 atom stereocenters. The number of hydrogen-bond donors (Lipinski definition) is 2. The van der Waals surface area contributed by atoms with Crippen molar-refractivity contribution in [1.29, 1.82) is 0 Å². The number of benzene rings is 1. The van der Waals surface area contributed by atoms with E-state index in [4.69, 9.17) is 10.5 Å². The van der Waals surface area contributed by atoms with Crippen molar-refractivity contribution in [3.63, 3.8) is 0 Å². The minimum Gasteiger partial charge on any atom is -0.508 e. The standard InChI is InChI=1S/C12H14N2O2/c13-11-12(3-5-16-6-4-12)9-2-1-8(15)7-10(9)14-11/h1-2,7,15H,3-6H2,(H2,13,14). The highest BCUT2D eigenvalue weighted by Gasteiger charge is 2.43. The van der Waals surface area contributed by atoms with Crippen molar-refractivity contribution < 1.29 is 9.84 Å². The van der Waals surface area contributed by atoms with Gasteiger partial charge in [-0.15, -0.1) is 0 Å². The Bertz CT molecular complexity index is 462. The van der Waals surface area contributed by atoms with Crippen molar-refractivity contribution in [2.75, 3.05) is 13.2 Å². The fourth-order valence-electron chi connectivity index (χ4n) is 2.64. The molecule has 0 unspecified atom stereocenters. The quantitative estimate of drug-likeness (QED) is 0.692. The Kier molecular flexibility index (Phi) is 1.94. The van der Waals surface area contributed by atoms with Gasteiger partial charge in [0.05, 0.1) is 11.1 Å². The average Bonchev–Trinajstić information content (AvgIpc) is 2.53. The van der Waals surface area contributed by atoms with Crippen LogP contribution in [-0.2, 0) is 10.2 Å². The third-order valence-electron chi connectivity index (χ3n) is 3.57. The first kappa shape index (κ1) is 9.66. The van der Waals surface area contributed by atoms with Crippen LogP contribution in [0.15, 0.2) is 23.2 Å². The third kappa shape index (κ3) is 1.16. The normalized spacial score (nSPS) is 21.9. The molecule has 1 aromatic rings. The summed E-state index contributed by atoms with van der Waals surface area (Å²) in [5, 5.41) is 9.43. The average molecular weight is 218 g/mol. The SMILES string of the molecule is NC1=Nc2cc(O)ccc2C12CCOCC2. The number of phenolic OH excluding ortho intramolecular Hbond substituents is 1. The molecule has 2 aliphatic rings. The van der Waals surface area contributed by atoms with Crippen LogP contribution in [0.2, 0.25) is 0 Å². The van der Waals surface area contributed by atoms with Gasteiger partial charge in [0.15, 0.2) is 0 Å². The van der Waals surface area contributed by atoms with Gasteiger partial charge < -0.3 is 15.6 Å². The summed E-state index contributed by atoms with van der Waals surface area (Å²) in [5.74, 6) is 0.899. The van der Waals surface area contributed by atoms with Crippen molar-refractivity contribution in [3.8, 4) is 5.75 Å². The van der Waals surface area contributed by atoms with Crippen LogP contribution in [-0.4, -0.2) is 24.2 Å². The minimum atomic E-state index is -0.152. The topological polar surface area (TPSA) is 67.8 Å². The van der Waals surface area contributed by atoms with E-state index in [0.717, 1.165) is 37.3 Å². The zero-order valence-electron chi connectivity index (χ0n) is 8.94. The van der Waals surface area contributed by atoms with E-state index in [1.54, 1.807) is 12.1 Å². The van der Waals surface area contributed by atoms with Crippen LogP contribution >= 0.6 is 0 Å². The maximum atomic E-state index is 9.43. The maximum absolute atomic E-state index is 9.43. The van der Waals surface area contributed by atoms with Gasteiger partial charge in [0, 0.05) is 19.3 Å². The Morgan fingerprint density at radius 3 is 2.81 bits per heavy atom. The zero-order valence-corrected chi connectivity index (χ0v) is 8.94. The second-order valence-electron chi connectivity index (χ2n) is 4.39. The lowest BCUT2D eigenvalue weighted by atomic mass is 9.74. The zero-order chi connectivity index (χ0) is 11.2. The summed E-state index contributed by atoms with van der Waals surface area (Å²) in [6, 6.07) is 5.30. The number of fused-ring (bicyclic) bond motifs is 2. The van der Waals surface area contributed by atoms with E-state index in [-0.39, 0.29) is 11.2 Å². The molecule has 1 saturated heterocycles. The molecule has 0 radical (unpaired) electrons. The van der Waals surface area contributed by atoms with E-state index >= 15 is 0 Å². The molecular formula is C12H14N2O2. The first-order valence-electron chi connectivity index (χ1n) is 5.48. The van der Waals surface area contributed by atoms with E-state index in [9.17, 15) is 5.11 Å². The molecule has 3 N–H and O–H groups in total. The maximum Gasteiger partial charge on any atom is 0.117 e. The van der Waals surface area contributed by atoms with Gasteiger partial charge in [-0.05, 0) is 24.5 Å². The summed E-state index contributed by atoms with van der Waals surface area (Å²) >= 11 is 0. The monoisotopic (exact) mass is 218 g/mol. The van der Waals surface area contributed by atoms with Gasteiger partial charge in [-0.3, -0.25) is 0 Å². The molecule has 1 spiro atoms. The van der Waals surface area contributed by atoms with Crippen LogP contribution in [0.4, 0.5) is 5.69 Å². The molecule has 1 aromatic carbocycles. The van der Waals surface area contributed by atoms with E-state index in [0.29, 0.717) is 5.84 Å². The van der Waals surface area contributed by atoms with Crippen LogP contribution in [0.25, 0.3) is 0 Å². The summed E-state index contributed by atoms with van der Waals surface area (Å²) in [6.45, 7) is 1.44. The van der Waals surface area contributed by atoms with Crippen LogP contribution in [0.1, 0.15) is 18.4 Å². The van der Waals surface area contributed by atoms with Crippen LogP contribution < -0.4 is 5.73 Å². The lowest BCUT2D eigenvalue weighted by molar-refractivity contribution is 0.0714. The first-order valence-corrected chi connectivity index (χ1v) is 5.48. The number of nitrogens with two attached hydrogens (primary N) is 1. The number of nitrogens with zero attached hydrogens (tertiary/aromatic N) is 1. The Labute approximate surface area is 93.8 Å². The first-order chi connectivity index (χ1) is 7.72. The molecule has 0 aromatic heterocycles. The smallest absolute Gasteiger partial charge is 0.117 e. The van der Waals surface area contributed by atoms with Crippen LogP contribution in [0.3, 0.4) is 0 Å². The fraction of sp³-hybridized carbons (Fsp3) is 0.417. The van der Waals surface area contributed by atoms with Gasteiger partial charge in [0.2, 0.25) is 0 Å². The second-order valence-corrected chi connectivity index (χ2v) is 4.39. The molecule has 2 aliphatic heterocycles. The van der Waals surface area contributed by atoms with Crippen molar-refractivity contribution in [2.24, 2.45) is 10.7 Å². The lowest BCUT2D eigenvalue weighted by Crippen LogP contribution is -2.43. The van der Waals surface area contributed by atoms with Gasteiger partial charge in [-0.2, -0.15) is 0 Å². The molecule has 0 bridgehead atoms. The number of aliphatic imine (C=N–C) groups is 1. The molecule has 2 heterocycles. The Morgan fingerprint density at radius 1 is 1.31 bits per heavy atom. The molecule has 0 amide bonds.